The van der Waals surface area contributed by atoms with E-state index in [1.54, 1.807) is 19.2 Å². The molecular formula is C26H22BrClN2O2. The number of hydrogen-bond acceptors (Lipinski definition) is 3. The molecule has 6 heteroatoms. The van der Waals surface area contributed by atoms with Crippen LogP contribution in [0.1, 0.15) is 29.2 Å². The number of para-hydroxylation sites is 1. The van der Waals surface area contributed by atoms with Gasteiger partial charge in [0.05, 0.1) is 7.11 Å². The Kier molecular flexibility index (Phi) is 8.10. The van der Waals surface area contributed by atoms with Crippen molar-refractivity contribution in [2.45, 2.75) is 19.8 Å². The molecule has 0 radical (unpaired) electrons. The number of aryl methyl sites for hydroxylation is 1. The zero-order chi connectivity index (χ0) is 23.1. The minimum atomic E-state index is -0.471. The van der Waals surface area contributed by atoms with Gasteiger partial charge in [-0.15, -0.1) is 0 Å². The number of halogens is 2. The van der Waals surface area contributed by atoms with Crippen molar-refractivity contribution >= 4 is 45.2 Å². The van der Waals surface area contributed by atoms with Gasteiger partial charge in [-0.3, -0.25) is 4.79 Å². The second-order valence-corrected chi connectivity index (χ2v) is 8.35. The number of rotatable bonds is 7. The number of carbonyl (C=O) groups is 1. The van der Waals surface area contributed by atoms with Gasteiger partial charge < -0.3 is 10.1 Å². The van der Waals surface area contributed by atoms with E-state index in [1.807, 2.05) is 61.5 Å². The monoisotopic (exact) mass is 508 g/mol. The molecular weight excluding hydrogens is 488 g/mol. The molecule has 0 aliphatic carbocycles. The van der Waals surface area contributed by atoms with E-state index in [-0.39, 0.29) is 5.57 Å². The number of nitrogens with one attached hydrogen (secondary N) is 1. The van der Waals surface area contributed by atoms with E-state index in [4.69, 9.17) is 16.3 Å². The summed E-state index contributed by atoms with van der Waals surface area (Å²) in [4.78, 5) is 12.7. The maximum atomic E-state index is 12.7. The standard InChI is InChI=1S/C26H22BrClN2O2/c1-3-18-8-5-7-11-24(18)30-26(31)20(16-29)12-17-13-23(28)21(25(14-17)32-2)15-19-9-4-6-10-22(19)27/h4-14H,3,15H2,1-2H3,(H,30,31)/b20-12+. The third kappa shape index (κ3) is 5.59. The minimum absolute atomic E-state index is 0.0208. The molecule has 1 N–H and O–H groups in total. The summed E-state index contributed by atoms with van der Waals surface area (Å²) in [6, 6.07) is 20.9. The smallest absolute Gasteiger partial charge is 0.266 e. The van der Waals surface area contributed by atoms with Gasteiger partial charge in [0.2, 0.25) is 0 Å². The van der Waals surface area contributed by atoms with E-state index in [0.29, 0.717) is 28.4 Å². The fraction of sp³-hybridized carbons (Fsp3) is 0.154. The number of methoxy groups -OCH3 is 1. The Morgan fingerprint density at radius 1 is 1.16 bits per heavy atom. The van der Waals surface area contributed by atoms with Crippen LogP contribution in [0.25, 0.3) is 6.08 Å². The van der Waals surface area contributed by atoms with Crippen molar-refractivity contribution in [2.24, 2.45) is 0 Å². The molecule has 0 saturated carbocycles. The summed E-state index contributed by atoms with van der Waals surface area (Å²) >= 11 is 10.1. The Morgan fingerprint density at radius 2 is 1.84 bits per heavy atom. The first-order valence-corrected chi connectivity index (χ1v) is 11.2. The van der Waals surface area contributed by atoms with Crippen molar-refractivity contribution in [1.29, 1.82) is 5.26 Å². The van der Waals surface area contributed by atoms with Gasteiger partial charge in [-0.25, -0.2) is 0 Å². The zero-order valence-corrected chi connectivity index (χ0v) is 20.1. The number of nitriles is 1. The van der Waals surface area contributed by atoms with Crippen LogP contribution >= 0.6 is 27.5 Å². The molecule has 3 aromatic carbocycles. The van der Waals surface area contributed by atoms with E-state index < -0.39 is 5.91 Å². The highest BCUT2D eigenvalue weighted by Gasteiger charge is 2.15. The van der Waals surface area contributed by atoms with Crippen molar-refractivity contribution in [3.8, 4) is 11.8 Å². The van der Waals surface area contributed by atoms with Gasteiger partial charge >= 0.3 is 0 Å². The summed E-state index contributed by atoms with van der Waals surface area (Å²) < 4.78 is 6.55. The molecule has 32 heavy (non-hydrogen) atoms. The fourth-order valence-corrected chi connectivity index (χ4v) is 4.07. The van der Waals surface area contributed by atoms with E-state index >= 15 is 0 Å². The molecule has 1 amide bonds. The molecule has 4 nitrogen and oxygen atoms in total. The van der Waals surface area contributed by atoms with Crippen LogP contribution in [0.2, 0.25) is 5.02 Å². The lowest BCUT2D eigenvalue weighted by atomic mass is 10.0. The largest absolute Gasteiger partial charge is 0.496 e. The predicted octanol–water partition coefficient (Wildman–Crippen LogP) is 6.81. The highest BCUT2D eigenvalue weighted by Crippen LogP contribution is 2.33. The van der Waals surface area contributed by atoms with Gasteiger partial charge in [0.15, 0.2) is 0 Å². The van der Waals surface area contributed by atoms with Crippen molar-refractivity contribution in [1.82, 2.24) is 0 Å². The number of carbonyl (C=O) groups excluding carboxylic acids is 1. The maximum Gasteiger partial charge on any atom is 0.266 e. The number of hydrogen-bond donors (Lipinski definition) is 1. The van der Waals surface area contributed by atoms with Gasteiger partial charge in [-0.1, -0.05) is 70.9 Å². The van der Waals surface area contributed by atoms with Crippen LogP contribution in [0, 0.1) is 11.3 Å². The summed E-state index contributed by atoms with van der Waals surface area (Å²) in [7, 11) is 1.57. The third-order valence-corrected chi connectivity index (χ3v) is 6.16. The summed E-state index contributed by atoms with van der Waals surface area (Å²) in [5.74, 6) is 0.120. The average Bonchev–Trinajstić information content (AvgIpc) is 2.80. The summed E-state index contributed by atoms with van der Waals surface area (Å²) in [5.41, 5.74) is 4.19. The summed E-state index contributed by atoms with van der Waals surface area (Å²) in [6.07, 6.45) is 2.86. The topological polar surface area (TPSA) is 62.1 Å². The Morgan fingerprint density at radius 3 is 2.50 bits per heavy atom. The molecule has 3 aromatic rings. The molecule has 0 saturated heterocycles. The fourth-order valence-electron chi connectivity index (χ4n) is 3.36. The SMILES string of the molecule is CCc1ccccc1NC(=O)/C(C#N)=C/c1cc(Cl)c(Cc2ccccc2Br)c(OC)c1. The zero-order valence-electron chi connectivity index (χ0n) is 17.8. The first kappa shape index (κ1) is 23.6. The lowest BCUT2D eigenvalue weighted by Gasteiger charge is -2.13. The molecule has 0 unspecified atom stereocenters. The van der Waals surface area contributed by atoms with Gasteiger partial charge in [0, 0.05) is 27.2 Å². The van der Waals surface area contributed by atoms with E-state index in [1.165, 1.54) is 6.08 Å². The van der Waals surface area contributed by atoms with Crippen molar-refractivity contribution < 1.29 is 9.53 Å². The maximum absolute atomic E-state index is 12.7. The van der Waals surface area contributed by atoms with E-state index in [0.717, 1.165) is 27.6 Å². The van der Waals surface area contributed by atoms with Crippen molar-refractivity contribution in [3.05, 3.63) is 98.0 Å². The van der Waals surface area contributed by atoms with Crippen LogP contribution in [0.15, 0.2) is 70.7 Å². The molecule has 0 aromatic heterocycles. The van der Waals surface area contributed by atoms with Crippen LogP contribution in [0.4, 0.5) is 5.69 Å². The summed E-state index contributed by atoms with van der Waals surface area (Å²) in [6.45, 7) is 2.01. The average molecular weight is 510 g/mol. The minimum Gasteiger partial charge on any atom is -0.496 e. The molecule has 0 aliphatic heterocycles. The molecule has 0 bridgehead atoms. The van der Waals surface area contributed by atoms with Gasteiger partial charge in [0.1, 0.15) is 17.4 Å². The van der Waals surface area contributed by atoms with Gasteiger partial charge in [0.25, 0.3) is 5.91 Å². The van der Waals surface area contributed by atoms with Gasteiger partial charge in [-0.05, 0) is 53.5 Å². The van der Waals surface area contributed by atoms with Crippen molar-refractivity contribution in [3.63, 3.8) is 0 Å². The molecule has 0 atom stereocenters. The van der Waals surface area contributed by atoms with Crippen LogP contribution in [0.3, 0.4) is 0 Å². The summed E-state index contributed by atoms with van der Waals surface area (Å²) in [5, 5.41) is 12.9. The van der Waals surface area contributed by atoms with Crippen LogP contribution in [0.5, 0.6) is 5.75 Å². The highest BCUT2D eigenvalue weighted by molar-refractivity contribution is 9.10. The highest BCUT2D eigenvalue weighted by atomic mass is 79.9. The Bertz CT molecular complexity index is 1210. The molecule has 162 valence electrons. The Balaban J connectivity index is 1.91. The molecule has 0 heterocycles. The lowest BCUT2D eigenvalue weighted by molar-refractivity contribution is -0.112. The molecule has 0 aliphatic rings. The number of ether oxygens (including phenoxy) is 1. The first-order chi connectivity index (χ1) is 15.5. The predicted molar refractivity (Wildman–Crippen MR) is 133 cm³/mol. The molecule has 0 spiro atoms. The van der Waals surface area contributed by atoms with Crippen molar-refractivity contribution in [2.75, 3.05) is 12.4 Å². The van der Waals surface area contributed by atoms with Gasteiger partial charge in [-0.2, -0.15) is 5.26 Å². The quantitative estimate of drug-likeness (QED) is 0.281. The third-order valence-electron chi connectivity index (χ3n) is 5.04. The molecule has 3 rings (SSSR count). The van der Waals surface area contributed by atoms with E-state index in [2.05, 4.69) is 21.2 Å². The number of benzene rings is 3. The number of anilines is 1. The Hall–Kier alpha value is -3.07. The van der Waals surface area contributed by atoms with Crippen LogP contribution < -0.4 is 10.1 Å². The molecule has 0 fully saturated rings. The van der Waals surface area contributed by atoms with Crippen LogP contribution in [-0.2, 0) is 17.6 Å². The first-order valence-electron chi connectivity index (χ1n) is 10.1. The second-order valence-electron chi connectivity index (χ2n) is 7.09. The Labute approximate surface area is 201 Å². The van der Waals surface area contributed by atoms with Crippen LogP contribution in [-0.4, -0.2) is 13.0 Å². The number of amides is 1. The normalized spacial score (nSPS) is 11.0. The lowest BCUT2D eigenvalue weighted by Crippen LogP contribution is -2.14. The second kappa shape index (κ2) is 11.0. The van der Waals surface area contributed by atoms with E-state index in [9.17, 15) is 10.1 Å². The number of nitrogens with zero attached hydrogens (tertiary/aromatic N) is 1.